The number of sulfone groups is 1. The molecule has 3 rings (SSSR count). The Morgan fingerprint density at radius 2 is 1.86 bits per heavy atom. The van der Waals surface area contributed by atoms with Crippen LogP contribution in [0.5, 0.6) is 0 Å². The smallest absolute Gasteiger partial charge is 0.206 e. The lowest BCUT2D eigenvalue weighted by Gasteiger charge is -2.22. The van der Waals surface area contributed by atoms with Gasteiger partial charge in [-0.2, -0.15) is 0 Å². The van der Waals surface area contributed by atoms with Crippen LogP contribution in [0, 0.1) is 12.7 Å². The molecule has 0 saturated carbocycles. The van der Waals surface area contributed by atoms with E-state index in [-0.39, 0.29) is 15.7 Å². The lowest BCUT2D eigenvalue weighted by molar-refractivity contribution is 0.589. The molecule has 21 heavy (non-hydrogen) atoms. The first-order valence-electron chi connectivity index (χ1n) is 6.95. The van der Waals surface area contributed by atoms with Gasteiger partial charge in [-0.3, -0.25) is 0 Å². The molecule has 0 amide bonds. The molecular weight excluding hydrogens is 287 g/mol. The molecule has 0 fully saturated rings. The van der Waals surface area contributed by atoms with Gasteiger partial charge in [0.15, 0.2) is 0 Å². The molecule has 0 aliphatic heterocycles. The number of aryl methyl sites for hydroxylation is 1. The molecule has 0 saturated heterocycles. The number of hydrogen-bond donors (Lipinski definition) is 0. The minimum Gasteiger partial charge on any atom is -0.219 e. The summed E-state index contributed by atoms with van der Waals surface area (Å²) in [4.78, 5) is 0.213. The van der Waals surface area contributed by atoms with Gasteiger partial charge >= 0.3 is 0 Å². The molecular formula is C17H16FO2S. The highest BCUT2D eigenvalue weighted by atomic mass is 32.2. The molecule has 0 aromatic heterocycles. The molecule has 2 aromatic rings. The topological polar surface area (TPSA) is 34.1 Å². The second kappa shape index (κ2) is 5.26. The molecule has 1 aliphatic rings. The van der Waals surface area contributed by atoms with E-state index in [2.05, 4.69) is 6.92 Å². The predicted molar refractivity (Wildman–Crippen MR) is 79.3 cm³/mol. The minimum absolute atomic E-state index is 0.00978. The molecule has 1 atom stereocenters. The van der Waals surface area contributed by atoms with Crippen molar-refractivity contribution in [2.45, 2.75) is 35.0 Å². The zero-order valence-electron chi connectivity index (χ0n) is 11.5. The van der Waals surface area contributed by atoms with Crippen LogP contribution in [-0.4, -0.2) is 8.42 Å². The number of benzene rings is 2. The highest BCUT2D eigenvalue weighted by Gasteiger charge is 2.22. The van der Waals surface area contributed by atoms with Crippen LogP contribution >= 0.6 is 0 Å². The summed E-state index contributed by atoms with van der Waals surface area (Å²) in [6.45, 7) is 4.10. The summed E-state index contributed by atoms with van der Waals surface area (Å²) in [5, 5.41) is 0. The number of fused-ring (bicyclic) bond motifs is 1. The van der Waals surface area contributed by atoms with Gasteiger partial charge in [-0.15, -0.1) is 0 Å². The van der Waals surface area contributed by atoms with E-state index in [1.165, 1.54) is 18.2 Å². The van der Waals surface area contributed by atoms with Crippen molar-refractivity contribution in [3.05, 3.63) is 66.3 Å². The maximum Gasteiger partial charge on any atom is 0.206 e. The van der Waals surface area contributed by atoms with E-state index < -0.39 is 15.7 Å². The molecule has 0 bridgehead atoms. The van der Waals surface area contributed by atoms with Crippen molar-refractivity contribution in [3.63, 3.8) is 0 Å². The zero-order valence-corrected chi connectivity index (χ0v) is 12.4. The van der Waals surface area contributed by atoms with Crippen molar-refractivity contribution in [2.24, 2.45) is 0 Å². The Kier molecular flexibility index (Phi) is 3.57. The molecule has 2 nitrogen and oxygen atoms in total. The van der Waals surface area contributed by atoms with E-state index in [0.29, 0.717) is 0 Å². The second-order valence-corrected chi connectivity index (χ2v) is 7.36. The summed E-state index contributed by atoms with van der Waals surface area (Å²) in [6.07, 6.45) is 2.92. The lowest BCUT2D eigenvalue weighted by Crippen LogP contribution is -2.10. The fourth-order valence-electron chi connectivity index (χ4n) is 2.83. The van der Waals surface area contributed by atoms with E-state index in [9.17, 15) is 12.8 Å². The van der Waals surface area contributed by atoms with Gasteiger partial charge in [0.1, 0.15) is 5.82 Å². The van der Waals surface area contributed by atoms with Crippen LogP contribution in [-0.2, 0) is 16.3 Å². The molecule has 0 spiro atoms. The summed E-state index contributed by atoms with van der Waals surface area (Å²) >= 11 is 0. The SMILES string of the molecule is [CH2]C1CCCc2cc(S(=O)(=O)c3cccc(F)c3)ccc21. The first-order valence-corrected chi connectivity index (χ1v) is 8.43. The van der Waals surface area contributed by atoms with Gasteiger partial charge in [0.2, 0.25) is 9.84 Å². The van der Waals surface area contributed by atoms with Crippen LogP contribution in [0.15, 0.2) is 52.3 Å². The third-order valence-corrected chi connectivity index (χ3v) is 5.72. The molecule has 2 aromatic carbocycles. The molecule has 1 radical (unpaired) electrons. The number of rotatable bonds is 2. The fourth-order valence-corrected chi connectivity index (χ4v) is 4.17. The maximum absolute atomic E-state index is 13.3. The van der Waals surface area contributed by atoms with Gasteiger partial charge in [-0.1, -0.05) is 12.1 Å². The van der Waals surface area contributed by atoms with Gasteiger partial charge in [-0.25, -0.2) is 12.8 Å². The van der Waals surface area contributed by atoms with Crippen LogP contribution in [0.2, 0.25) is 0 Å². The van der Waals surface area contributed by atoms with E-state index in [0.717, 1.165) is 36.5 Å². The first-order chi connectivity index (χ1) is 9.98. The Morgan fingerprint density at radius 1 is 1.10 bits per heavy atom. The van der Waals surface area contributed by atoms with Gasteiger partial charge < -0.3 is 0 Å². The van der Waals surface area contributed by atoms with Gasteiger partial charge in [0.05, 0.1) is 9.79 Å². The minimum atomic E-state index is -3.67. The Hall–Kier alpha value is -1.68. The van der Waals surface area contributed by atoms with Gasteiger partial charge in [0.25, 0.3) is 0 Å². The van der Waals surface area contributed by atoms with E-state index in [4.69, 9.17) is 0 Å². The van der Waals surface area contributed by atoms with Crippen molar-refractivity contribution in [2.75, 3.05) is 0 Å². The average molecular weight is 303 g/mol. The van der Waals surface area contributed by atoms with Gasteiger partial charge in [-0.05, 0) is 73.6 Å². The molecule has 1 unspecified atom stereocenters. The summed E-state index contributed by atoms with van der Waals surface area (Å²) in [7, 11) is -3.67. The van der Waals surface area contributed by atoms with E-state index >= 15 is 0 Å². The van der Waals surface area contributed by atoms with Crippen LogP contribution in [0.3, 0.4) is 0 Å². The first kappa shape index (κ1) is 14.3. The van der Waals surface area contributed by atoms with Crippen molar-refractivity contribution in [1.29, 1.82) is 0 Å². The Balaban J connectivity index is 2.08. The van der Waals surface area contributed by atoms with Gasteiger partial charge in [0, 0.05) is 0 Å². The van der Waals surface area contributed by atoms with Crippen molar-refractivity contribution in [1.82, 2.24) is 0 Å². The Morgan fingerprint density at radius 3 is 2.62 bits per heavy atom. The maximum atomic E-state index is 13.3. The molecule has 0 N–H and O–H groups in total. The highest BCUT2D eigenvalue weighted by Crippen LogP contribution is 2.33. The Bertz CT molecular complexity index is 781. The number of halogens is 1. The number of hydrogen-bond acceptors (Lipinski definition) is 2. The van der Waals surface area contributed by atoms with Crippen LogP contribution in [0.1, 0.15) is 29.9 Å². The van der Waals surface area contributed by atoms with Crippen LogP contribution < -0.4 is 0 Å². The summed E-state index contributed by atoms with van der Waals surface area (Å²) in [6, 6.07) is 10.3. The molecule has 109 valence electrons. The quantitative estimate of drug-likeness (QED) is 0.843. The Labute approximate surface area is 124 Å². The van der Waals surface area contributed by atoms with Crippen LogP contribution in [0.25, 0.3) is 0 Å². The normalized spacial score (nSPS) is 18.3. The summed E-state index contributed by atoms with van der Waals surface area (Å²) < 4.78 is 38.4. The van der Waals surface area contributed by atoms with Crippen molar-refractivity contribution < 1.29 is 12.8 Å². The summed E-state index contributed by atoms with van der Waals surface area (Å²) in [5.41, 5.74) is 2.16. The zero-order chi connectivity index (χ0) is 15.0. The monoisotopic (exact) mass is 303 g/mol. The fraction of sp³-hybridized carbons (Fsp3) is 0.235. The molecule has 1 aliphatic carbocycles. The second-order valence-electron chi connectivity index (χ2n) is 5.41. The van der Waals surface area contributed by atoms with Crippen molar-refractivity contribution >= 4 is 9.84 Å². The average Bonchev–Trinajstić information content (AvgIpc) is 2.47. The third-order valence-electron chi connectivity index (χ3n) is 3.97. The van der Waals surface area contributed by atoms with E-state index in [1.54, 1.807) is 12.1 Å². The summed E-state index contributed by atoms with van der Waals surface area (Å²) in [5.74, 6) is -0.327. The standard InChI is InChI=1S/C17H16FO2S/c1-12-4-2-5-13-10-16(8-9-17(12)13)21(19,20)15-7-3-6-14(18)11-15/h3,6-12H,1-2,4-5H2. The van der Waals surface area contributed by atoms with Crippen molar-refractivity contribution in [3.8, 4) is 0 Å². The van der Waals surface area contributed by atoms with E-state index in [1.807, 2.05) is 6.07 Å². The largest absolute Gasteiger partial charge is 0.219 e. The molecule has 0 heterocycles. The van der Waals surface area contributed by atoms with Crippen LogP contribution in [0.4, 0.5) is 4.39 Å². The highest BCUT2D eigenvalue weighted by molar-refractivity contribution is 7.91. The third kappa shape index (κ3) is 2.60. The predicted octanol–water partition coefficient (Wildman–Crippen LogP) is 3.91. The molecule has 4 heteroatoms. The lowest BCUT2D eigenvalue weighted by atomic mass is 9.84.